The van der Waals surface area contributed by atoms with E-state index in [-0.39, 0.29) is 17.5 Å². The molecule has 1 aromatic rings. The molecule has 0 spiro atoms. The van der Waals surface area contributed by atoms with Gasteiger partial charge in [0.1, 0.15) is 11.6 Å². The van der Waals surface area contributed by atoms with Crippen molar-refractivity contribution in [1.82, 2.24) is 5.32 Å². The number of hydrogen-bond donors (Lipinski definition) is 1. The molecule has 2 nitrogen and oxygen atoms in total. The first kappa shape index (κ1) is 15.4. The van der Waals surface area contributed by atoms with Gasteiger partial charge in [-0.05, 0) is 62.9 Å². The summed E-state index contributed by atoms with van der Waals surface area (Å²) in [6.45, 7) is 5.60. The molecule has 0 radical (unpaired) electrons. The molecule has 1 aliphatic rings. The van der Waals surface area contributed by atoms with Crippen LogP contribution in [-0.4, -0.2) is 24.8 Å². The number of ether oxygens (including phenoxy) is 1. The third kappa shape index (κ3) is 3.55. The Morgan fingerprint density at radius 2 is 2.15 bits per heavy atom. The van der Waals surface area contributed by atoms with Crippen LogP contribution in [0.5, 0.6) is 0 Å². The van der Waals surface area contributed by atoms with Gasteiger partial charge in [0.15, 0.2) is 0 Å². The van der Waals surface area contributed by atoms with Crippen LogP contribution in [0, 0.1) is 11.6 Å². The first-order valence-corrected chi connectivity index (χ1v) is 7.36. The van der Waals surface area contributed by atoms with Gasteiger partial charge in [-0.3, -0.25) is 0 Å². The van der Waals surface area contributed by atoms with Crippen LogP contribution in [0.4, 0.5) is 8.78 Å². The minimum atomic E-state index is -0.397. The van der Waals surface area contributed by atoms with Crippen LogP contribution < -0.4 is 5.32 Å². The number of nitrogens with one attached hydrogen (secondary N) is 1. The van der Waals surface area contributed by atoms with Crippen molar-refractivity contribution in [3.05, 3.63) is 35.4 Å². The average molecular weight is 283 g/mol. The second kappa shape index (κ2) is 6.64. The molecule has 112 valence electrons. The van der Waals surface area contributed by atoms with Crippen LogP contribution in [0.3, 0.4) is 0 Å². The molecule has 0 amide bonds. The zero-order chi connectivity index (χ0) is 14.6. The summed E-state index contributed by atoms with van der Waals surface area (Å²) in [6, 6.07) is 3.62. The van der Waals surface area contributed by atoms with Crippen LogP contribution in [0.25, 0.3) is 0 Å². The summed E-state index contributed by atoms with van der Waals surface area (Å²) in [4.78, 5) is 0. The van der Waals surface area contributed by atoms with E-state index in [0.29, 0.717) is 12.0 Å². The third-order valence-electron chi connectivity index (χ3n) is 4.12. The van der Waals surface area contributed by atoms with Crippen LogP contribution in [0.15, 0.2) is 18.2 Å². The highest BCUT2D eigenvalue weighted by molar-refractivity contribution is 5.21. The Kier molecular flexibility index (Phi) is 5.11. The highest BCUT2D eigenvalue weighted by Gasteiger charge is 2.36. The monoisotopic (exact) mass is 283 g/mol. The minimum Gasteiger partial charge on any atom is -0.374 e. The molecule has 0 saturated carbocycles. The number of likely N-dealkylation sites (N-methyl/N-ethyl adjacent to an activating group) is 1. The Balaban J connectivity index is 2.18. The zero-order valence-electron chi connectivity index (χ0n) is 12.2. The van der Waals surface area contributed by atoms with Crippen LogP contribution in [0.2, 0.25) is 0 Å². The van der Waals surface area contributed by atoms with Gasteiger partial charge in [0.05, 0.1) is 5.60 Å². The van der Waals surface area contributed by atoms with Gasteiger partial charge in [-0.1, -0.05) is 6.92 Å². The van der Waals surface area contributed by atoms with Crippen molar-refractivity contribution >= 4 is 0 Å². The van der Waals surface area contributed by atoms with Crippen molar-refractivity contribution in [2.45, 2.75) is 51.2 Å². The molecule has 2 atom stereocenters. The quantitative estimate of drug-likeness (QED) is 0.893. The van der Waals surface area contributed by atoms with Gasteiger partial charge < -0.3 is 10.1 Å². The van der Waals surface area contributed by atoms with Gasteiger partial charge in [-0.25, -0.2) is 8.78 Å². The molecule has 1 N–H and O–H groups in total. The van der Waals surface area contributed by atoms with Gasteiger partial charge in [0.2, 0.25) is 0 Å². The summed E-state index contributed by atoms with van der Waals surface area (Å²) >= 11 is 0. The molecule has 2 rings (SSSR count). The maximum atomic E-state index is 13.8. The van der Waals surface area contributed by atoms with Crippen LogP contribution in [-0.2, 0) is 11.2 Å². The first-order valence-electron chi connectivity index (χ1n) is 7.36. The Morgan fingerprint density at radius 1 is 1.35 bits per heavy atom. The molecule has 1 saturated heterocycles. The number of benzene rings is 1. The maximum Gasteiger partial charge on any atom is 0.126 e. The summed E-state index contributed by atoms with van der Waals surface area (Å²) in [5, 5.41) is 3.37. The van der Waals surface area contributed by atoms with E-state index in [1.54, 1.807) is 0 Å². The fourth-order valence-corrected chi connectivity index (χ4v) is 2.90. The Bertz CT molecular complexity index is 444. The Morgan fingerprint density at radius 3 is 2.80 bits per heavy atom. The van der Waals surface area contributed by atoms with E-state index in [1.165, 1.54) is 12.1 Å². The number of hydrogen-bond acceptors (Lipinski definition) is 2. The lowest BCUT2D eigenvalue weighted by atomic mass is 9.84. The summed E-state index contributed by atoms with van der Waals surface area (Å²) in [5.74, 6) is -0.750. The van der Waals surface area contributed by atoms with Gasteiger partial charge >= 0.3 is 0 Å². The van der Waals surface area contributed by atoms with Gasteiger partial charge in [-0.2, -0.15) is 0 Å². The average Bonchev–Trinajstić information content (AvgIpc) is 2.43. The third-order valence-corrected chi connectivity index (χ3v) is 4.12. The van der Waals surface area contributed by atoms with Crippen LogP contribution in [0.1, 0.15) is 38.7 Å². The lowest BCUT2D eigenvalue weighted by Gasteiger charge is -2.41. The minimum absolute atomic E-state index is 0.0101. The molecule has 20 heavy (non-hydrogen) atoms. The van der Waals surface area contributed by atoms with Gasteiger partial charge in [0.25, 0.3) is 0 Å². The molecule has 1 fully saturated rings. The van der Waals surface area contributed by atoms with E-state index in [1.807, 2.05) is 6.92 Å². The smallest absolute Gasteiger partial charge is 0.126 e. The van der Waals surface area contributed by atoms with E-state index in [2.05, 4.69) is 12.2 Å². The van der Waals surface area contributed by atoms with Crippen molar-refractivity contribution in [3.8, 4) is 0 Å². The number of halogens is 2. The fourth-order valence-electron chi connectivity index (χ4n) is 2.90. The summed E-state index contributed by atoms with van der Waals surface area (Å²) in [6.07, 6.45) is 3.57. The molecule has 0 bridgehead atoms. The van der Waals surface area contributed by atoms with Crippen molar-refractivity contribution in [2.75, 3.05) is 13.2 Å². The SMILES string of the molecule is CCNC(Cc1cc(F)ccc1F)C1(C)CCCCO1. The molecule has 0 aliphatic carbocycles. The van der Waals surface area contributed by atoms with Gasteiger partial charge in [0, 0.05) is 12.6 Å². The molecule has 0 aromatic heterocycles. The highest BCUT2D eigenvalue weighted by atomic mass is 19.1. The van der Waals surface area contributed by atoms with Crippen molar-refractivity contribution in [3.63, 3.8) is 0 Å². The van der Waals surface area contributed by atoms with E-state index in [4.69, 9.17) is 4.74 Å². The zero-order valence-corrected chi connectivity index (χ0v) is 12.2. The molecule has 2 unspecified atom stereocenters. The van der Waals surface area contributed by atoms with Crippen molar-refractivity contribution in [2.24, 2.45) is 0 Å². The molecular weight excluding hydrogens is 260 g/mol. The topological polar surface area (TPSA) is 21.3 Å². The molecule has 4 heteroatoms. The standard InChI is InChI=1S/C16H23F2NO/c1-3-19-15(16(2)8-4-5-9-20-16)11-12-10-13(17)6-7-14(12)18/h6-7,10,15,19H,3-5,8-9,11H2,1-2H3. The summed E-state index contributed by atoms with van der Waals surface area (Å²) in [5.41, 5.74) is 0.0962. The van der Waals surface area contributed by atoms with E-state index in [0.717, 1.165) is 38.5 Å². The first-order chi connectivity index (χ1) is 9.55. The van der Waals surface area contributed by atoms with E-state index in [9.17, 15) is 8.78 Å². The molecule has 1 aliphatic heterocycles. The van der Waals surface area contributed by atoms with Crippen molar-refractivity contribution in [1.29, 1.82) is 0 Å². The van der Waals surface area contributed by atoms with E-state index >= 15 is 0 Å². The summed E-state index contributed by atoms with van der Waals surface area (Å²) < 4.78 is 33.1. The largest absolute Gasteiger partial charge is 0.374 e. The Labute approximate surface area is 119 Å². The second-order valence-electron chi connectivity index (χ2n) is 5.67. The lowest BCUT2D eigenvalue weighted by molar-refractivity contribution is -0.0882. The van der Waals surface area contributed by atoms with Crippen molar-refractivity contribution < 1.29 is 13.5 Å². The normalized spacial score (nSPS) is 24.6. The van der Waals surface area contributed by atoms with E-state index < -0.39 is 5.82 Å². The molecule has 1 heterocycles. The predicted molar refractivity (Wildman–Crippen MR) is 75.7 cm³/mol. The lowest BCUT2D eigenvalue weighted by Crippen LogP contribution is -2.53. The Hall–Kier alpha value is -1.00. The second-order valence-corrected chi connectivity index (χ2v) is 5.67. The van der Waals surface area contributed by atoms with Gasteiger partial charge in [-0.15, -0.1) is 0 Å². The maximum absolute atomic E-state index is 13.8. The van der Waals surface area contributed by atoms with Crippen LogP contribution >= 0.6 is 0 Å². The summed E-state index contributed by atoms with van der Waals surface area (Å²) in [7, 11) is 0. The number of rotatable bonds is 5. The molecular formula is C16H23F2NO. The fraction of sp³-hybridized carbons (Fsp3) is 0.625. The molecule has 1 aromatic carbocycles. The highest BCUT2D eigenvalue weighted by Crippen LogP contribution is 2.30. The predicted octanol–water partition coefficient (Wildman–Crippen LogP) is 3.44.